The summed E-state index contributed by atoms with van der Waals surface area (Å²) in [5, 5.41) is 5.30. The van der Waals surface area contributed by atoms with Gasteiger partial charge in [0.15, 0.2) is 0 Å². The fourth-order valence-corrected chi connectivity index (χ4v) is 3.05. The Bertz CT molecular complexity index is 682. The molecule has 2 N–H and O–H groups in total. The number of rotatable bonds is 3. The van der Waals surface area contributed by atoms with Crippen LogP contribution in [-0.4, -0.2) is 40.7 Å². The molecule has 21 heavy (non-hydrogen) atoms. The first-order valence-electron chi connectivity index (χ1n) is 7.17. The summed E-state index contributed by atoms with van der Waals surface area (Å²) in [7, 11) is 2.09. The van der Waals surface area contributed by atoms with Gasteiger partial charge in [-0.25, -0.2) is 4.39 Å². The number of primary amides is 1. The van der Waals surface area contributed by atoms with Crippen molar-refractivity contribution in [3.05, 3.63) is 29.7 Å². The molecule has 112 valence electrons. The number of amides is 1. The lowest BCUT2D eigenvalue weighted by Gasteiger charge is -2.29. The lowest BCUT2D eigenvalue weighted by atomic mass is 10.1. The fraction of sp³-hybridized carbons (Fsp3) is 0.467. The van der Waals surface area contributed by atoms with E-state index in [0.29, 0.717) is 17.1 Å². The van der Waals surface area contributed by atoms with Crippen LogP contribution in [0.5, 0.6) is 0 Å². The minimum atomic E-state index is -0.478. The number of nitrogens with two attached hydrogens (primary N) is 1. The van der Waals surface area contributed by atoms with E-state index >= 15 is 0 Å². The maximum absolute atomic E-state index is 13.7. The Morgan fingerprint density at radius 2 is 2.33 bits per heavy atom. The van der Waals surface area contributed by atoms with Crippen LogP contribution in [0.3, 0.4) is 0 Å². The standard InChI is InChI=1S/C15H19FN4O/c1-19-4-2-3-13(9-19)20-8-11-6-12(16)5-10(7-14(17)21)15(11)18-20/h5-6,8,13H,2-4,7,9H2,1H3,(H2,17,21). The number of piperidine rings is 1. The predicted octanol–water partition coefficient (Wildman–Crippen LogP) is 1.47. The average molecular weight is 290 g/mol. The Kier molecular flexibility index (Phi) is 3.63. The van der Waals surface area contributed by atoms with Crippen molar-refractivity contribution in [2.24, 2.45) is 5.73 Å². The Labute approximate surface area is 122 Å². The summed E-state index contributed by atoms with van der Waals surface area (Å²) < 4.78 is 15.6. The number of carbonyl (C=O) groups excluding carboxylic acids is 1. The van der Waals surface area contributed by atoms with Crippen LogP contribution < -0.4 is 5.73 Å². The monoisotopic (exact) mass is 290 g/mol. The number of hydrogen-bond donors (Lipinski definition) is 1. The number of nitrogens with zero attached hydrogens (tertiary/aromatic N) is 3. The van der Waals surface area contributed by atoms with Gasteiger partial charge in [-0.2, -0.15) is 5.10 Å². The summed E-state index contributed by atoms with van der Waals surface area (Å²) in [5.41, 5.74) is 6.46. The van der Waals surface area contributed by atoms with Crippen molar-refractivity contribution < 1.29 is 9.18 Å². The van der Waals surface area contributed by atoms with Crippen LogP contribution in [0.2, 0.25) is 0 Å². The molecule has 0 saturated carbocycles. The highest BCUT2D eigenvalue weighted by atomic mass is 19.1. The van der Waals surface area contributed by atoms with Crippen LogP contribution in [0.15, 0.2) is 18.3 Å². The first-order valence-corrected chi connectivity index (χ1v) is 7.17. The molecule has 0 radical (unpaired) electrons. The van der Waals surface area contributed by atoms with Crippen molar-refractivity contribution >= 4 is 16.8 Å². The molecule has 2 aromatic rings. The molecule has 1 aromatic heterocycles. The molecule has 0 spiro atoms. The van der Waals surface area contributed by atoms with Gasteiger partial charge in [0.2, 0.25) is 5.91 Å². The van der Waals surface area contributed by atoms with Crippen LogP contribution in [0.25, 0.3) is 10.9 Å². The van der Waals surface area contributed by atoms with Crippen molar-refractivity contribution in [2.45, 2.75) is 25.3 Å². The summed E-state index contributed by atoms with van der Waals surface area (Å²) in [4.78, 5) is 13.4. The number of benzene rings is 1. The van der Waals surface area contributed by atoms with E-state index in [1.54, 1.807) is 0 Å². The topological polar surface area (TPSA) is 64.2 Å². The molecule has 5 nitrogen and oxygen atoms in total. The van der Waals surface area contributed by atoms with Crippen LogP contribution in [0.4, 0.5) is 4.39 Å². The second-order valence-corrected chi connectivity index (χ2v) is 5.81. The number of aromatic nitrogens is 2. The first kappa shape index (κ1) is 14.0. The van der Waals surface area contributed by atoms with E-state index in [9.17, 15) is 9.18 Å². The van der Waals surface area contributed by atoms with E-state index in [4.69, 9.17) is 5.73 Å². The van der Waals surface area contributed by atoms with E-state index in [1.807, 2.05) is 10.9 Å². The van der Waals surface area contributed by atoms with Gasteiger partial charge in [0, 0.05) is 18.1 Å². The van der Waals surface area contributed by atoms with E-state index in [1.165, 1.54) is 12.1 Å². The van der Waals surface area contributed by atoms with Gasteiger partial charge >= 0.3 is 0 Å². The highest BCUT2D eigenvalue weighted by Gasteiger charge is 2.21. The molecule has 1 amide bonds. The Balaban J connectivity index is 2.00. The van der Waals surface area contributed by atoms with Gasteiger partial charge < -0.3 is 10.6 Å². The lowest BCUT2D eigenvalue weighted by Crippen LogP contribution is -2.33. The second-order valence-electron chi connectivity index (χ2n) is 5.81. The quantitative estimate of drug-likeness (QED) is 0.931. The molecule has 1 atom stereocenters. The summed E-state index contributed by atoms with van der Waals surface area (Å²) >= 11 is 0. The average Bonchev–Trinajstić information content (AvgIpc) is 2.82. The van der Waals surface area contributed by atoms with Crippen LogP contribution in [-0.2, 0) is 11.2 Å². The summed E-state index contributed by atoms with van der Waals surface area (Å²) in [6, 6.07) is 3.09. The lowest BCUT2D eigenvalue weighted by molar-refractivity contribution is -0.117. The zero-order chi connectivity index (χ0) is 15.0. The molecule has 6 heteroatoms. The van der Waals surface area contributed by atoms with Crippen molar-refractivity contribution in [1.82, 2.24) is 14.7 Å². The van der Waals surface area contributed by atoms with Gasteiger partial charge in [0.05, 0.1) is 18.0 Å². The van der Waals surface area contributed by atoms with Crippen molar-refractivity contribution in [1.29, 1.82) is 0 Å². The zero-order valence-electron chi connectivity index (χ0n) is 12.1. The normalized spacial score (nSPS) is 20.0. The molecule has 0 bridgehead atoms. The Morgan fingerprint density at radius 1 is 1.52 bits per heavy atom. The van der Waals surface area contributed by atoms with Crippen LogP contribution in [0.1, 0.15) is 24.4 Å². The molecule has 1 aliphatic rings. The summed E-state index contributed by atoms with van der Waals surface area (Å²) in [6.45, 7) is 2.03. The molecule has 1 unspecified atom stereocenters. The van der Waals surface area contributed by atoms with Crippen molar-refractivity contribution in [2.75, 3.05) is 20.1 Å². The van der Waals surface area contributed by atoms with Crippen LogP contribution in [0, 0.1) is 5.82 Å². The maximum atomic E-state index is 13.7. The third-order valence-corrected chi connectivity index (χ3v) is 4.01. The molecule has 3 rings (SSSR count). The van der Waals surface area contributed by atoms with Gasteiger partial charge in [-0.15, -0.1) is 0 Å². The molecular weight excluding hydrogens is 271 g/mol. The van der Waals surface area contributed by atoms with Gasteiger partial charge in [0.25, 0.3) is 0 Å². The third kappa shape index (κ3) is 2.90. The minimum Gasteiger partial charge on any atom is -0.369 e. The number of fused-ring (bicyclic) bond motifs is 1. The van der Waals surface area contributed by atoms with E-state index in [-0.39, 0.29) is 12.2 Å². The summed E-state index contributed by atoms with van der Waals surface area (Å²) in [5.74, 6) is -0.840. The van der Waals surface area contributed by atoms with Crippen LogP contribution >= 0.6 is 0 Å². The number of likely N-dealkylation sites (N-methyl/N-ethyl adjacent to an activating group) is 1. The predicted molar refractivity (Wildman–Crippen MR) is 78.4 cm³/mol. The molecule has 1 aromatic carbocycles. The maximum Gasteiger partial charge on any atom is 0.221 e. The molecule has 1 fully saturated rings. The summed E-state index contributed by atoms with van der Waals surface area (Å²) in [6.07, 6.45) is 4.06. The fourth-order valence-electron chi connectivity index (χ4n) is 3.05. The Morgan fingerprint density at radius 3 is 3.05 bits per heavy atom. The number of hydrogen-bond acceptors (Lipinski definition) is 3. The number of carbonyl (C=O) groups is 1. The van der Waals surface area contributed by atoms with E-state index in [0.717, 1.165) is 31.3 Å². The van der Waals surface area contributed by atoms with Gasteiger partial charge in [-0.05, 0) is 44.1 Å². The van der Waals surface area contributed by atoms with E-state index in [2.05, 4.69) is 17.0 Å². The van der Waals surface area contributed by atoms with Crippen molar-refractivity contribution in [3.8, 4) is 0 Å². The highest BCUT2D eigenvalue weighted by molar-refractivity contribution is 5.87. The molecular formula is C15H19FN4O. The van der Waals surface area contributed by atoms with Gasteiger partial charge in [0.1, 0.15) is 5.82 Å². The third-order valence-electron chi connectivity index (χ3n) is 4.01. The van der Waals surface area contributed by atoms with Gasteiger partial charge in [-0.3, -0.25) is 9.48 Å². The zero-order valence-corrected chi connectivity index (χ0v) is 12.1. The van der Waals surface area contributed by atoms with Crippen molar-refractivity contribution in [3.63, 3.8) is 0 Å². The number of halogens is 1. The minimum absolute atomic E-state index is 0.00976. The molecule has 2 heterocycles. The molecule has 1 aliphatic heterocycles. The van der Waals surface area contributed by atoms with Gasteiger partial charge in [-0.1, -0.05) is 0 Å². The second kappa shape index (κ2) is 5.44. The molecule has 1 saturated heterocycles. The SMILES string of the molecule is CN1CCCC(n2cc3cc(F)cc(CC(N)=O)c3n2)C1. The largest absolute Gasteiger partial charge is 0.369 e. The smallest absolute Gasteiger partial charge is 0.221 e. The number of likely N-dealkylation sites (tertiary alicyclic amines) is 1. The molecule has 0 aliphatic carbocycles. The highest BCUT2D eigenvalue weighted by Crippen LogP contribution is 2.25. The Hall–Kier alpha value is -1.95. The first-order chi connectivity index (χ1) is 10.0. The van der Waals surface area contributed by atoms with E-state index < -0.39 is 5.91 Å².